The van der Waals surface area contributed by atoms with E-state index < -0.39 is 37.0 Å². The van der Waals surface area contributed by atoms with Crippen molar-refractivity contribution in [3.05, 3.63) is 23.8 Å². The molecule has 0 spiro atoms. The van der Waals surface area contributed by atoms with Crippen LogP contribution in [0.5, 0.6) is 11.5 Å². The van der Waals surface area contributed by atoms with E-state index in [1.165, 1.54) is 26.4 Å². The Bertz CT molecular complexity index is 684. The number of unbranched alkanes of at least 4 members (excludes halogenated alkanes) is 1. The van der Waals surface area contributed by atoms with E-state index in [-0.39, 0.29) is 5.56 Å². The smallest absolute Gasteiger partial charge is 0.325 e. The standard InChI is InChI=1S/C18H25N3O7/c1-4-5-6-19-18(25)21-15(22)11-28-16(23)10-20-17(24)12-7-13(26-2)9-14(8-12)27-3/h7-9H,4-6,10-11H2,1-3H3,(H,20,24)(H2,19,21,22,25). The molecular formula is C18H25N3O7. The minimum atomic E-state index is -0.829. The second-order valence-corrected chi connectivity index (χ2v) is 5.60. The lowest BCUT2D eigenvalue weighted by molar-refractivity contribution is -0.147. The van der Waals surface area contributed by atoms with Crippen LogP contribution in [-0.2, 0) is 14.3 Å². The average Bonchev–Trinajstić information content (AvgIpc) is 2.70. The molecule has 1 aromatic rings. The summed E-state index contributed by atoms with van der Waals surface area (Å²) in [5, 5.41) is 6.88. The largest absolute Gasteiger partial charge is 0.497 e. The molecule has 1 aromatic carbocycles. The van der Waals surface area contributed by atoms with Crippen molar-refractivity contribution in [1.29, 1.82) is 0 Å². The maximum absolute atomic E-state index is 12.1. The van der Waals surface area contributed by atoms with E-state index in [4.69, 9.17) is 14.2 Å². The molecule has 0 saturated heterocycles. The molecule has 3 N–H and O–H groups in total. The monoisotopic (exact) mass is 395 g/mol. The summed E-state index contributed by atoms with van der Waals surface area (Å²) in [7, 11) is 2.89. The zero-order valence-corrected chi connectivity index (χ0v) is 16.1. The summed E-state index contributed by atoms with van der Waals surface area (Å²) in [6, 6.07) is 3.90. The Hall–Kier alpha value is -3.30. The molecule has 0 aliphatic carbocycles. The predicted molar refractivity (Wildman–Crippen MR) is 99.3 cm³/mol. The van der Waals surface area contributed by atoms with Gasteiger partial charge in [0, 0.05) is 18.2 Å². The topological polar surface area (TPSA) is 132 Å². The first-order valence-electron chi connectivity index (χ1n) is 8.64. The van der Waals surface area contributed by atoms with Crippen LogP contribution in [0, 0.1) is 0 Å². The Balaban J connectivity index is 2.39. The molecule has 0 unspecified atom stereocenters. The van der Waals surface area contributed by atoms with Crippen LogP contribution in [0.25, 0.3) is 0 Å². The highest BCUT2D eigenvalue weighted by Gasteiger charge is 2.14. The van der Waals surface area contributed by atoms with Gasteiger partial charge in [-0.1, -0.05) is 13.3 Å². The highest BCUT2D eigenvalue weighted by molar-refractivity contribution is 5.97. The third-order valence-electron chi connectivity index (χ3n) is 3.44. The Kier molecular flexibility index (Phi) is 9.87. The van der Waals surface area contributed by atoms with Gasteiger partial charge in [0.25, 0.3) is 11.8 Å². The van der Waals surface area contributed by atoms with Gasteiger partial charge >= 0.3 is 12.0 Å². The number of hydrogen-bond acceptors (Lipinski definition) is 7. The fourth-order valence-corrected chi connectivity index (χ4v) is 1.98. The van der Waals surface area contributed by atoms with Crippen LogP contribution in [0.3, 0.4) is 0 Å². The summed E-state index contributed by atoms with van der Waals surface area (Å²) in [5.41, 5.74) is 0.227. The van der Waals surface area contributed by atoms with E-state index in [9.17, 15) is 19.2 Å². The Morgan fingerprint density at radius 2 is 1.61 bits per heavy atom. The molecule has 0 aliphatic heterocycles. The number of imide groups is 1. The van der Waals surface area contributed by atoms with E-state index in [1.807, 2.05) is 12.2 Å². The first-order valence-corrected chi connectivity index (χ1v) is 8.64. The van der Waals surface area contributed by atoms with Gasteiger partial charge in [0.05, 0.1) is 14.2 Å². The van der Waals surface area contributed by atoms with E-state index in [0.717, 1.165) is 12.8 Å². The molecule has 0 aromatic heterocycles. The van der Waals surface area contributed by atoms with Gasteiger partial charge in [0.1, 0.15) is 18.0 Å². The molecule has 0 fully saturated rings. The van der Waals surface area contributed by atoms with Crippen molar-refractivity contribution in [2.75, 3.05) is 33.9 Å². The highest BCUT2D eigenvalue weighted by Crippen LogP contribution is 2.22. The summed E-state index contributed by atoms with van der Waals surface area (Å²) in [6.45, 7) is 1.32. The van der Waals surface area contributed by atoms with Crippen molar-refractivity contribution >= 4 is 23.8 Å². The second kappa shape index (κ2) is 12.2. The number of methoxy groups -OCH3 is 2. The van der Waals surface area contributed by atoms with Crippen LogP contribution >= 0.6 is 0 Å². The van der Waals surface area contributed by atoms with Gasteiger partial charge in [0.2, 0.25) is 0 Å². The first-order chi connectivity index (χ1) is 13.4. The van der Waals surface area contributed by atoms with Crippen LogP contribution < -0.4 is 25.4 Å². The molecule has 4 amide bonds. The fourth-order valence-electron chi connectivity index (χ4n) is 1.98. The Morgan fingerprint density at radius 1 is 0.964 bits per heavy atom. The number of carbonyl (C=O) groups is 4. The van der Waals surface area contributed by atoms with Crippen molar-refractivity contribution in [3.63, 3.8) is 0 Å². The third kappa shape index (κ3) is 8.39. The van der Waals surface area contributed by atoms with E-state index in [0.29, 0.717) is 18.0 Å². The third-order valence-corrected chi connectivity index (χ3v) is 3.44. The SMILES string of the molecule is CCCCNC(=O)NC(=O)COC(=O)CNC(=O)c1cc(OC)cc(OC)c1. The lowest BCUT2D eigenvalue weighted by Crippen LogP contribution is -2.42. The summed E-state index contributed by atoms with van der Waals surface area (Å²) in [6.07, 6.45) is 1.69. The van der Waals surface area contributed by atoms with E-state index in [2.05, 4.69) is 10.6 Å². The predicted octanol–water partition coefficient (Wildman–Crippen LogP) is 0.603. The van der Waals surface area contributed by atoms with E-state index >= 15 is 0 Å². The average molecular weight is 395 g/mol. The maximum Gasteiger partial charge on any atom is 0.325 e. The molecular weight excluding hydrogens is 370 g/mol. The van der Waals surface area contributed by atoms with Crippen molar-refractivity contribution in [1.82, 2.24) is 16.0 Å². The van der Waals surface area contributed by atoms with Gasteiger partial charge in [-0.2, -0.15) is 0 Å². The minimum absolute atomic E-state index is 0.227. The van der Waals surface area contributed by atoms with Gasteiger partial charge in [-0.25, -0.2) is 4.79 Å². The van der Waals surface area contributed by atoms with Gasteiger partial charge in [-0.05, 0) is 18.6 Å². The van der Waals surface area contributed by atoms with Gasteiger partial charge in [-0.15, -0.1) is 0 Å². The maximum atomic E-state index is 12.1. The van der Waals surface area contributed by atoms with E-state index in [1.54, 1.807) is 6.07 Å². The molecule has 0 atom stereocenters. The summed E-state index contributed by atoms with van der Waals surface area (Å²) in [4.78, 5) is 46.7. The normalized spacial score (nSPS) is 9.82. The molecule has 1 rings (SSSR count). The summed E-state index contributed by atoms with van der Waals surface area (Å²) in [5.74, 6) is -1.31. The number of benzene rings is 1. The number of nitrogens with one attached hydrogen (secondary N) is 3. The van der Waals surface area contributed by atoms with Crippen LogP contribution in [0.15, 0.2) is 18.2 Å². The molecule has 0 heterocycles. The zero-order valence-electron chi connectivity index (χ0n) is 16.1. The van der Waals surface area contributed by atoms with Crippen molar-refractivity contribution in [3.8, 4) is 11.5 Å². The fraction of sp³-hybridized carbons (Fsp3) is 0.444. The summed E-state index contributed by atoms with van der Waals surface area (Å²) >= 11 is 0. The molecule has 0 radical (unpaired) electrons. The van der Waals surface area contributed by atoms with Crippen molar-refractivity contribution < 1.29 is 33.4 Å². The molecule has 10 heteroatoms. The zero-order chi connectivity index (χ0) is 20.9. The van der Waals surface area contributed by atoms with Gasteiger partial charge in [0.15, 0.2) is 6.61 Å². The number of hydrogen-bond donors (Lipinski definition) is 3. The van der Waals surface area contributed by atoms with Crippen molar-refractivity contribution in [2.45, 2.75) is 19.8 Å². The van der Waals surface area contributed by atoms with Crippen LogP contribution in [0.4, 0.5) is 4.79 Å². The molecule has 28 heavy (non-hydrogen) atoms. The molecule has 0 saturated carbocycles. The quantitative estimate of drug-likeness (QED) is 0.390. The Labute approximate surface area is 162 Å². The molecule has 0 aliphatic rings. The lowest BCUT2D eigenvalue weighted by Gasteiger charge is -2.09. The van der Waals surface area contributed by atoms with Crippen LogP contribution in [-0.4, -0.2) is 57.7 Å². The number of carbonyl (C=O) groups excluding carboxylic acids is 4. The second-order valence-electron chi connectivity index (χ2n) is 5.60. The minimum Gasteiger partial charge on any atom is -0.497 e. The molecule has 10 nitrogen and oxygen atoms in total. The first kappa shape index (κ1) is 22.7. The molecule has 154 valence electrons. The number of urea groups is 1. The highest BCUT2D eigenvalue weighted by atomic mass is 16.5. The van der Waals surface area contributed by atoms with Crippen LogP contribution in [0.1, 0.15) is 30.1 Å². The molecule has 0 bridgehead atoms. The van der Waals surface area contributed by atoms with Gasteiger partial charge < -0.3 is 24.8 Å². The Morgan fingerprint density at radius 3 is 2.18 bits per heavy atom. The van der Waals surface area contributed by atoms with Gasteiger partial charge in [-0.3, -0.25) is 19.7 Å². The van der Waals surface area contributed by atoms with Crippen LogP contribution in [0.2, 0.25) is 0 Å². The number of esters is 1. The summed E-state index contributed by atoms with van der Waals surface area (Å²) < 4.78 is 14.9. The number of ether oxygens (including phenoxy) is 3. The van der Waals surface area contributed by atoms with Crippen molar-refractivity contribution in [2.24, 2.45) is 0 Å². The number of rotatable bonds is 10. The number of amides is 4. The lowest BCUT2D eigenvalue weighted by atomic mass is 10.2.